The average molecular weight is 371 g/mol. The van der Waals surface area contributed by atoms with Gasteiger partial charge in [0.2, 0.25) is 0 Å². The summed E-state index contributed by atoms with van der Waals surface area (Å²) >= 11 is 18.3. The molecule has 3 rings (SSSR count). The van der Waals surface area contributed by atoms with Crippen molar-refractivity contribution >= 4 is 34.8 Å². The van der Waals surface area contributed by atoms with E-state index in [1.807, 2.05) is 36.4 Å². The Hall–Kier alpha value is -0.770. The maximum absolute atomic E-state index is 10.9. The molecule has 23 heavy (non-hydrogen) atoms. The Balaban J connectivity index is 1.66. The molecular weight excluding hydrogens is 353 g/mol. The van der Waals surface area contributed by atoms with E-state index >= 15 is 0 Å². The first-order chi connectivity index (χ1) is 11.0. The van der Waals surface area contributed by atoms with Crippen molar-refractivity contribution in [3.05, 3.63) is 68.7 Å². The smallest absolute Gasteiger partial charge is 0.0920 e. The predicted octanol–water partition coefficient (Wildman–Crippen LogP) is 5.13. The molecule has 0 unspecified atom stereocenters. The first-order valence-corrected chi connectivity index (χ1v) is 8.75. The van der Waals surface area contributed by atoms with Gasteiger partial charge < -0.3 is 5.11 Å². The fourth-order valence-corrected chi connectivity index (χ4v) is 3.55. The van der Waals surface area contributed by atoms with Crippen LogP contribution in [0, 0.1) is 0 Å². The summed E-state index contributed by atoms with van der Waals surface area (Å²) in [5, 5.41) is 12.8. The van der Waals surface area contributed by atoms with Crippen LogP contribution in [0.1, 0.15) is 24.0 Å². The molecule has 1 saturated heterocycles. The zero-order valence-corrected chi connectivity index (χ0v) is 14.9. The molecular formula is C18H18Cl3NO. The molecule has 0 atom stereocenters. The molecule has 2 aromatic carbocycles. The van der Waals surface area contributed by atoms with Gasteiger partial charge in [0.05, 0.1) is 15.6 Å². The van der Waals surface area contributed by atoms with Crippen molar-refractivity contribution in [2.75, 3.05) is 13.1 Å². The number of halogens is 3. The number of aliphatic hydroxyl groups is 1. The topological polar surface area (TPSA) is 23.5 Å². The molecule has 0 aliphatic carbocycles. The molecule has 1 fully saturated rings. The van der Waals surface area contributed by atoms with E-state index in [-0.39, 0.29) is 0 Å². The van der Waals surface area contributed by atoms with E-state index in [1.165, 1.54) is 0 Å². The summed E-state index contributed by atoms with van der Waals surface area (Å²) in [5.41, 5.74) is 1.18. The second-order valence-electron chi connectivity index (χ2n) is 6.03. The Morgan fingerprint density at radius 1 is 0.957 bits per heavy atom. The highest BCUT2D eigenvalue weighted by atomic mass is 35.5. The highest BCUT2D eigenvalue weighted by Gasteiger charge is 2.33. The molecule has 1 aliphatic heterocycles. The van der Waals surface area contributed by atoms with E-state index in [9.17, 15) is 5.11 Å². The highest BCUT2D eigenvalue weighted by Crippen LogP contribution is 2.34. The Morgan fingerprint density at radius 3 is 2.26 bits per heavy atom. The van der Waals surface area contributed by atoms with Crippen molar-refractivity contribution in [1.29, 1.82) is 0 Å². The minimum absolute atomic E-state index is 0.582. The van der Waals surface area contributed by atoms with Crippen molar-refractivity contribution in [2.45, 2.75) is 25.0 Å². The first-order valence-electron chi connectivity index (χ1n) is 7.62. The Morgan fingerprint density at radius 2 is 1.61 bits per heavy atom. The first kappa shape index (κ1) is 17.1. The van der Waals surface area contributed by atoms with Crippen LogP contribution >= 0.6 is 34.8 Å². The lowest BCUT2D eigenvalue weighted by Gasteiger charge is -2.38. The molecule has 1 N–H and O–H groups in total. The molecule has 1 heterocycles. The molecule has 5 heteroatoms. The molecule has 1 aliphatic rings. The van der Waals surface area contributed by atoms with Gasteiger partial charge in [-0.05, 0) is 42.2 Å². The van der Waals surface area contributed by atoms with E-state index in [0.717, 1.165) is 30.8 Å². The minimum atomic E-state index is -0.779. The van der Waals surface area contributed by atoms with Crippen molar-refractivity contribution in [1.82, 2.24) is 4.90 Å². The quantitative estimate of drug-likeness (QED) is 0.809. The number of rotatable bonds is 3. The molecule has 122 valence electrons. The van der Waals surface area contributed by atoms with Crippen LogP contribution in [0.3, 0.4) is 0 Å². The van der Waals surface area contributed by atoms with E-state index in [1.54, 1.807) is 6.07 Å². The van der Waals surface area contributed by atoms with Crippen LogP contribution in [0.4, 0.5) is 0 Å². The van der Waals surface area contributed by atoms with Gasteiger partial charge in [0, 0.05) is 24.7 Å². The van der Waals surface area contributed by atoms with E-state index < -0.39 is 5.60 Å². The van der Waals surface area contributed by atoms with Gasteiger partial charge in [-0.15, -0.1) is 0 Å². The molecule has 2 aromatic rings. The Bertz CT molecular complexity index is 679. The zero-order valence-electron chi connectivity index (χ0n) is 12.6. The van der Waals surface area contributed by atoms with Gasteiger partial charge in [-0.2, -0.15) is 0 Å². The van der Waals surface area contributed by atoms with Crippen LogP contribution < -0.4 is 0 Å². The largest absolute Gasteiger partial charge is 0.385 e. The number of nitrogens with zero attached hydrogens (tertiary/aromatic N) is 1. The third-order valence-corrected chi connectivity index (χ3v) is 5.60. The second-order valence-corrected chi connectivity index (χ2v) is 7.25. The fourth-order valence-electron chi connectivity index (χ4n) is 3.04. The monoisotopic (exact) mass is 369 g/mol. The van der Waals surface area contributed by atoms with Gasteiger partial charge in [0.25, 0.3) is 0 Å². The maximum Gasteiger partial charge on any atom is 0.0920 e. The zero-order chi connectivity index (χ0) is 16.4. The maximum atomic E-state index is 10.9. The number of benzene rings is 2. The number of hydrogen-bond donors (Lipinski definition) is 1. The van der Waals surface area contributed by atoms with Crippen LogP contribution in [0.5, 0.6) is 0 Å². The Kier molecular flexibility index (Phi) is 5.19. The molecule has 2 nitrogen and oxygen atoms in total. The molecule has 0 aromatic heterocycles. The van der Waals surface area contributed by atoms with Crippen molar-refractivity contribution in [3.8, 4) is 0 Å². The third kappa shape index (κ3) is 3.84. The number of piperidine rings is 1. The summed E-state index contributed by atoms with van der Waals surface area (Å²) in [7, 11) is 0. The molecule has 0 bridgehead atoms. The predicted molar refractivity (Wildman–Crippen MR) is 96.3 cm³/mol. The van der Waals surface area contributed by atoms with Crippen molar-refractivity contribution in [2.24, 2.45) is 0 Å². The lowest BCUT2D eigenvalue weighted by atomic mass is 9.84. The summed E-state index contributed by atoms with van der Waals surface area (Å²) < 4.78 is 0. The summed E-state index contributed by atoms with van der Waals surface area (Å²) in [6.07, 6.45) is 1.37. The SMILES string of the molecule is OC1(c2ccc(Cl)cc2)CCN(Cc2cccc(Cl)c2Cl)CC1. The van der Waals surface area contributed by atoms with Gasteiger partial charge in [-0.1, -0.05) is 59.1 Å². The van der Waals surface area contributed by atoms with Crippen molar-refractivity contribution in [3.63, 3.8) is 0 Å². The van der Waals surface area contributed by atoms with Crippen LogP contribution in [0.25, 0.3) is 0 Å². The van der Waals surface area contributed by atoms with Gasteiger partial charge >= 0.3 is 0 Å². The van der Waals surface area contributed by atoms with E-state index in [4.69, 9.17) is 34.8 Å². The molecule has 0 saturated carbocycles. The summed E-state index contributed by atoms with van der Waals surface area (Å²) in [4.78, 5) is 2.29. The van der Waals surface area contributed by atoms with Gasteiger partial charge in [0.1, 0.15) is 0 Å². The summed E-state index contributed by atoms with van der Waals surface area (Å²) in [5.74, 6) is 0. The van der Waals surface area contributed by atoms with Crippen molar-refractivity contribution < 1.29 is 5.11 Å². The minimum Gasteiger partial charge on any atom is -0.385 e. The van der Waals surface area contributed by atoms with Crippen LogP contribution in [0.15, 0.2) is 42.5 Å². The lowest BCUT2D eigenvalue weighted by molar-refractivity contribution is -0.0277. The lowest BCUT2D eigenvalue weighted by Crippen LogP contribution is -2.42. The molecule has 0 amide bonds. The summed E-state index contributed by atoms with van der Waals surface area (Å²) in [6.45, 7) is 2.36. The standard InChI is InChI=1S/C18H18Cl3NO/c19-15-6-4-14(5-7-15)18(23)8-10-22(11-9-18)12-13-2-1-3-16(20)17(13)21/h1-7,23H,8-12H2. The average Bonchev–Trinajstić information content (AvgIpc) is 2.54. The number of likely N-dealkylation sites (tertiary alicyclic amines) is 1. The van der Waals surface area contributed by atoms with Crippen LogP contribution in [-0.4, -0.2) is 23.1 Å². The Labute approximate surface area is 151 Å². The third-order valence-electron chi connectivity index (χ3n) is 4.49. The van der Waals surface area contributed by atoms with E-state index in [0.29, 0.717) is 27.9 Å². The second kappa shape index (κ2) is 7.00. The summed E-state index contributed by atoms with van der Waals surface area (Å²) in [6, 6.07) is 13.2. The van der Waals surface area contributed by atoms with Gasteiger partial charge in [-0.3, -0.25) is 4.90 Å². The van der Waals surface area contributed by atoms with Crippen LogP contribution in [-0.2, 0) is 12.1 Å². The van der Waals surface area contributed by atoms with Gasteiger partial charge in [-0.25, -0.2) is 0 Å². The fraction of sp³-hybridized carbons (Fsp3) is 0.333. The van der Waals surface area contributed by atoms with Gasteiger partial charge in [0.15, 0.2) is 0 Å². The molecule has 0 radical (unpaired) electrons. The highest BCUT2D eigenvalue weighted by molar-refractivity contribution is 6.42. The number of hydrogen-bond acceptors (Lipinski definition) is 2. The van der Waals surface area contributed by atoms with E-state index in [2.05, 4.69) is 4.90 Å². The normalized spacial score (nSPS) is 18.1. The molecule has 0 spiro atoms. The van der Waals surface area contributed by atoms with Crippen LogP contribution in [0.2, 0.25) is 15.1 Å².